The fourth-order valence-electron chi connectivity index (χ4n) is 1.70. The van der Waals surface area contributed by atoms with Crippen LogP contribution in [-0.2, 0) is 14.3 Å². The summed E-state index contributed by atoms with van der Waals surface area (Å²) in [4.78, 5) is 35.8. The summed E-state index contributed by atoms with van der Waals surface area (Å²) < 4.78 is 4.38. The van der Waals surface area contributed by atoms with Gasteiger partial charge >= 0.3 is 18.0 Å². The van der Waals surface area contributed by atoms with E-state index < -0.39 is 30.4 Å². The van der Waals surface area contributed by atoms with Crippen LogP contribution in [0.25, 0.3) is 0 Å². The van der Waals surface area contributed by atoms with Crippen LogP contribution in [0.1, 0.15) is 6.42 Å². The Hall–Kier alpha value is -1.87. The third kappa shape index (κ3) is 5.41. The maximum atomic E-state index is 11.7. The molecule has 9 heteroatoms. The molecule has 2 amide bonds. The Bertz CT molecular complexity index is 368. The Kier molecular flexibility index (Phi) is 6.19. The van der Waals surface area contributed by atoms with E-state index >= 15 is 0 Å². The van der Waals surface area contributed by atoms with Crippen LogP contribution >= 0.6 is 0 Å². The summed E-state index contributed by atoms with van der Waals surface area (Å²) in [6.07, 6.45) is -0.415. The number of hydrogen-bond donors (Lipinski definition) is 3. The average Bonchev–Trinajstić information content (AvgIpc) is 2.40. The Balaban J connectivity index is 2.41. The maximum absolute atomic E-state index is 11.7. The van der Waals surface area contributed by atoms with Crippen molar-refractivity contribution in [1.29, 1.82) is 0 Å². The number of amides is 2. The fraction of sp³-hybridized carbons (Fsp3) is 0.727. The van der Waals surface area contributed by atoms with E-state index in [2.05, 4.69) is 20.4 Å². The highest BCUT2D eigenvalue weighted by atomic mass is 16.5. The lowest BCUT2D eigenvalue weighted by atomic mass is 10.2. The number of methoxy groups -OCH3 is 1. The van der Waals surface area contributed by atoms with Gasteiger partial charge in [-0.1, -0.05) is 0 Å². The number of aliphatic carboxylic acids is 1. The highest BCUT2D eigenvalue weighted by molar-refractivity contribution is 5.86. The summed E-state index contributed by atoms with van der Waals surface area (Å²) in [6.45, 7) is 2.92. The summed E-state index contributed by atoms with van der Waals surface area (Å²) in [7, 11) is 3.14. The van der Waals surface area contributed by atoms with E-state index in [1.54, 1.807) is 5.01 Å². The number of rotatable bonds is 5. The molecule has 1 saturated heterocycles. The number of carbonyl (C=O) groups excluding carboxylic acids is 2. The lowest BCUT2D eigenvalue weighted by Gasteiger charge is -2.32. The molecule has 1 fully saturated rings. The van der Waals surface area contributed by atoms with E-state index in [-0.39, 0.29) is 0 Å². The van der Waals surface area contributed by atoms with Crippen molar-refractivity contribution in [1.82, 2.24) is 20.7 Å². The molecule has 114 valence electrons. The van der Waals surface area contributed by atoms with E-state index in [1.807, 2.05) is 7.05 Å². The number of carbonyl (C=O) groups is 3. The second-order valence-electron chi connectivity index (χ2n) is 4.55. The monoisotopic (exact) mass is 288 g/mol. The van der Waals surface area contributed by atoms with Gasteiger partial charge in [0, 0.05) is 26.2 Å². The summed E-state index contributed by atoms with van der Waals surface area (Å²) in [5, 5.41) is 12.9. The largest absolute Gasteiger partial charge is 0.480 e. The van der Waals surface area contributed by atoms with Crippen LogP contribution in [0.2, 0.25) is 0 Å². The molecule has 0 aromatic heterocycles. The lowest BCUT2D eigenvalue weighted by molar-refractivity contribution is -0.147. The van der Waals surface area contributed by atoms with Crippen molar-refractivity contribution in [2.45, 2.75) is 12.5 Å². The van der Waals surface area contributed by atoms with Crippen LogP contribution in [0.3, 0.4) is 0 Å². The van der Waals surface area contributed by atoms with E-state index in [9.17, 15) is 14.4 Å². The quantitative estimate of drug-likeness (QED) is 0.526. The van der Waals surface area contributed by atoms with Crippen molar-refractivity contribution >= 4 is 18.0 Å². The van der Waals surface area contributed by atoms with Crippen molar-refractivity contribution in [3.05, 3.63) is 0 Å². The zero-order chi connectivity index (χ0) is 15.1. The van der Waals surface area contributed by atoms with Crippen molar-refractivity contribution in [3.8, 4) is 0 Å². The molecule has 0 saturated carbocycles. The van der Waals surface area contributed by atoms with Crippen LogP contribution in [0.4, 0.5) is 4.79 Å². The molecular weight excluding hydrogens is 268 g/mol. The van der Waals surface area contributed by atoms with Gasteiger partial charge in [-0.15, -0.1) is 0 Å². The van der Waals surface area contributed by atoms with E-state index in [4.69, 9.17) is 5.11 Å². The number of carboxylic acid groups (broad SMARTS) is 1. The molecule has 0 aromatic carbocycles. The van der Waals surface area contributed by atoms with Crippen molar-refractivity contribution in [3.63, 3.8) is 0 Å². The summed E-state index contributed by atoms with van der Waals surface area (Å²) >= 11 is 0. The number of esters is 1. The summed E-state index contributed by atoms with van der Waals surface area (Å²) in [6, 6.07) is -1.96. The normalized spacial score (nSPS) is 18.1. The Morgan fingerprint density at radius 1 is 1.25 bits per heavy atom. The average molecular weight is 288 g/mol. The van der Waals surface area contributed by atoms with Crippen molar-refractivity contribution < 1.29 is 24.2 Å². The number of nitrogens with one attached hydrogen (secondary N) is 2. The lowest BCUT2D eigenvalue weighted by Crippen LogP contribution is -2.57. The smallest absolute Gasteiger partial charge is 0.330 e. The molecule has 0 aliphatic carbocycles. The van der Waals surface area contributed by atoms with E-state index in [0.717, 1.165) is 20.2 Å². The van der Waals surface area contributed by atoms with Gasteiger partial charge in [0.1, 0.15) is 6.04 Å². The number of carboxylic acids is 1. The number of hydrogen-bond acceptors (Lipinski definition) is 6. The Labute approximate surface area is 116 Å². The third-order valence-corrected chi connectivity index (χ3v) is 2.96. The second-order valence-corrected chi connectivity index (χ2v) is 4.55. The molecule has 1 atom stereocenters. The molecule has 1 aliphatic heterocycles. The first-order chi connectivity index (χ1) is 9.42. The first-order valence-electron chi connectivity index (χ1n) is 6.22. The number of urea groups is 1. The van der Waals surface area contributed by atoms with Gasteiger partial charge in [-0.25, -0.2) is 14.6 Å². The molecule has 3 N–H and O–H groups in total. The molecular formula is C11H20N4O5. The number of likely N-dealkylation sites (N-methyl/N-ethyl adjacent to an activating group) is 1. The van der Waals surface area contributed by atoms with Gasteiger partial charge in [0.2, 0.25) is 0 Å². The zero-order valence-electron chi connectivity index (χ0n) is 11.6. The van der Waals surface area contributed by atoms with Gasteiger partial charge in [-0.2, -0.15) is 0 Å². The van der Waals surface area contributed by atoms with Crippen LogP contribution < -0.4 is 10.7 Å². The summed E-state index contributed by atoms with van der Waals surface area (Å²) in [5.41, 5.74) is 2.56. The fourth-order valence-corrected chi connectivity index (χ4v) is 1.70. The van der Waals surface area contributed by atoms with Gasteiger partial charge < -0.3 is 20.1 Å². The van der Waals surface area contributed by atoms with Crippen LogP contribution in [0.5, 0.6) is 0 Å². The first-order valence-corrected chi connectivity index (χ1v) is 6.22. The van der Waals surface area contributed by atoms with Crippen molar-refractivity contribution in [2.24, 2.45) is 0 Å². The number of piperazine rings is 1. The zero-order valence-corrected chi connectivity index (χ0v) is 11.6. The predicted octanol–water partition coefficient (Wildman–Crippen LogP) is -1.54. The molecule has 0 spiro atoms. The highest BCUT2D eigenvalue weighted by Gasteiger charge is 2.25. The maximum Gasteiger partial charge on any atom is 0.330 e. The molecule has 20 heavy (non-hydrogen) atoms. The van der Waals surface area contributed by atoms with E-state index in [0.29, 0.717) is 13.1 Å². The first kappa shape index (κ1) is 16.2. The van der Waals surface area contributed by atoms with Crippen LogP contribution in [-0.4, -0.2) is 79.4 Å². The second kappa shape index (κ2) is 7.65. The number of ether oxygens (including phenoxy) is 1. The minimum atomic E-state index is -1.31. The molecule has 1 aliphatic rings. The van der Waals surface area contributed by atoms with Crippen LogP contribution in [0, 0.1) is 0 Å². The minimum Gasteiger partial charge on any atom is -0.480 e. The molecule has 1 rings (SSSR count). The minimum absolute atomic E-state index is 0.415. The Morgan fingerprint density at radius 3 is 2.35 bits per heavy atom. The number of hydrazine groups is 1. The predicted molar refractivity (Wildman–Crippen MR) is 68.8 cm³/mol. The SMILES string of the molecule is COC(=O)C[C@H](NC(=O)NN1CCN(C)CC1)C(=O)O. The Morgan fingerprint density at radius 2 is 1.85 bits per heavy atom. The topological polar surface area (TPSA) is 111 Å². The molecule has 0 bridgehead atoms. The highest BCUT2D eigenvalue weighted by Crippen LogP contribution is 1.97. The van der Waals surface area contributed by atoms with E-state index in [1.165, 1.54) is 0 Å². The number of nitrogens with zero attached hydrogens (tertiary/aromatic N) is 2. The third-order valence-electron chi connectivity index (χ3n) is 2.96. The van der Waals surface area contributed by atoms with Gasteiger partial charge in [0.05, 0.1) is 13.5 Å². The standard InChI is InChI=1S/C11H20N4O5/c1-14-3-5-15(6-4-14)13-11(19)12-8(10(17)18)7-9(16)20-2/h8H,3-7H2,1-2H3,(H,17,18)(H2,12,13,19)/t8-/m0/s1. The molecule has 9 nitrogen and oxygen atoms in total. The van der Waals surface area contributed by atoms with Gasteiger partial charge in [0.15, 0.2) is 0 Å². The molecule has 1 heterocycles. The van der Waals surface area contributed by atoms with Gasteiger partial charge in [-0.3, -0.25) is 10.2 Å². The van der Waals surface area contributed by atoms with Gasteiger partial charge in [0.25, 0.3) is 0 Å². The molecule has 0 unspecified atom stereocenters. The van der Waals surface area contributed by atoms with Crippen molar-refractivity contribution in [2.75, 3.05) is 40.3 Å². The molecule has 0 radical (unpaired) electrons. The summed E-state index contributed by atoms with van der Waals surface area (Å²) in [5.74, 6) is -1.98. The van der Waals surface area contributed by atoms with Gasteiger partial charge in [-0.05, 0) is 7.05 Å². The molecule has 0 aromatic rings. The van der Waals surface area contributed by atoms with Crippen LogP contribution in [0.15, 0.2) is 0 Å².